The number of halogens is 2. The maximum absolute atomic E-state index is 13.4. The summed E-state index contributed by atoms with van der Waals surface area (Å²) in [5.74, 6) is -2.68. The van der Waals surface area contributed by atoms with Crippen LogP contribution in [0.4, 0.5) is 8.78 Å². The second-order valence-corrected chi connectivity index (χ2v) is 7.84. The second-order valence-electron chi connectivity index (χ2n) is 7.84. The number of hydrogen-bond donors (Lipinski definition) is 3. The van der Waals surface area contributed by atoms with Crippen LogP contribution < -0.4 is 16.0 Å². The van der Waals surface area contributed by atoms with E-state index in [1.54, 1.807) is 12.5 Å². The molecular weight excluding hydrogens is 408 g/mol. The molecule has 0 saturated heterocycles. The fraction of sp³-hybridized carbons (Fsp3) is 0.231. The molecule has 2 aromatic rings. The molecule has 1 unspecified atom stereocenters. The molecule has 0 heterocycles. The Balaban J connectivity index is 1.66. The van der Waals surface area contributed by atoms with Crippen LogP contribution in [-0.2, 0) is 4.79 Å². The number of amides is 1. The van der Waals surface area contributed by atoms with E-state index in [-0.39, 0.29) is 23.6 Å². The van der Waals surface area contributed by atoms with Gasteiger partial charge in [0.25, 0.3) is 5.92 Å². The zero-order valence-corrected chi connectivity index (χ0v) is 18.2. The van der Waals surface area contributed by atoms with Gasteiger partial charge in [-0.1, -0.05) is 85.5 Å². The zero-order chi connectivity index (χ0) is 23.1. The molecule has 4 nitrogen and oxygen atoms in total. The average Bonchev–Trinajstić information content (AvgIpc) is 2.78. The van der Waals surface area contributed by atoms with Crippen LogP contribution >= 0.6 is 0 Å². The predicted octanol–water partition coefficient (Wildman–Crippen LogP) is 4.98. The van der Waals surface area contributed by atoms with Crippen molar-refractivity contribution < 1.29 is 13.6 Å². The van der Waals surface area contributed by atoms with E-state index in [0.29, 0.717) is 5.82 Å². The molecule has 2 aromatic carbocycles. The molecule has 0 saturated carbocycles. The van der Waals surface area contributed by atoms with Crippen molar-refractivity contribution in [2.24, 2.45) is 0 Å². The number of alkyl halides is 2. The summed E-state index contributed by atoms with van der Waals surface area (Å²) in [5, 5.41) is 9.29. The Morgan fingerprint density at radius 3 is 2.12 bits per heavy atom. The third-order valence-corrected chi connectivity index (χ3v) is 5.19. The molecule has 0 fully saturated rings. The molecule has 0 aromatic heterocycles. The molecule has 3 rings (SSSR count). The molecular formula is C26H28F2N3O. The standard InChI is InChI=1S/C26H28F2N3O/c1-18(20-10-6-4-7-11-20)29-25(32)24(21-12-8-5-9-13-21)31-19(2)30-23-16-14-22(15-17-23)26(3,27)28/h4-18,23-24,30-31H,2H2,1,3H3,(H,29,32)/t18-,24-/m1/s1. The molecule has 3 N–H and O–H groups in total. The summed E-state index contributed by atoms with van der Waals surface area (Å²) < 4.78 is 26.9. The van der Waals surface area contributed by atoms with E-state index in [2.05, 4.69) is 22.5 Å². The van der Waals surface area contributed by atoms with E-state index < -0.39 is 12.0 Å². The monoisotopic (exact) mass is 436 g/mol. The number of hydrogen-bond acceptors (Lipinski definition) is 3. The van der Waals surface area contributed by atoms with Gasteiger partial charge in [0.05, 0.1) is 17.9 Å². The highest BCUT2D eigenvalue weighted by Crippen LogP contribution is 2.27. The van der Waals surface area contributed by atoms with Gasteiger partial charge >= 0.3 is 0 Å². The van der Waals surface area contributed by atoms with Gasteiger partial charge in [0.2, 0.25) is 5.91 Å². The smallest absolute Gasteiger partial charge is 0.270 e. The van der Waals surface area contributed by atoms with Crippen LogP contribution in [0.2, 0.25) is 0 Å². The van der Waals surface area contributed by atoms with Crippen molar-refractivity contribution in [2.45, 2.75) is 37.9 Å². The SMILES string of the molecule is C=C(NC1[CH]C=C(C(C)(F)F)C=C1)N[C@@H](C(=O)N[C@H](C)c1ccccc1)c1ccccc1. The Kier molecular flexibility index (Phi) is 7.46. The predicted molar refractivity (Wildman–Crippen MR) is 124 cm³/mol. The number of benzene rings is 2. The normalized spacial score (nSPS) is 17.6. The summed E-state index contributed by atoms with van der Waals surface area (Å²) in [6.07, 6.45) is 6.06. The van der Waals surface area contributed by atoms with E-state index in [0.717, 1.165) is 18.1 Å². The lowest BCUT2D eigenvalue weighted by Crippen LogP contribution is -2.42. The Hall–Kier alpha value is -3.41. The highest BCUT2D eigenvalue weighted by molar-refractivity contribution is 5.83. The van der Waals surface area contributed by atoms with E-state index in [4.69, 9.17) is 0 Å². The van der Waals surface area contributed by atoms with Gasteiger partial charge in [-0.15, -0.1) is 0 Å². The van der Waals surface area contributed by atoms with Crippen molar-refractivity contribution in [3.8, 4) is 0 Å². The Labute approximate surface area is 188 Å². The van der Waals surface area contributed by atoms with Crippen molar-refractivity contribution in [1.29, 1.82) is 0 Å². The number of carbonyl (C=O) groups is 1. The van der Waals surface area contributed by atoms with Crippen LogP contribution in [-0.4, -0.2) is 17.9 Å². The van der Waals surface area contributed by atoms with Crippen molar-refractivity contribution in [3.05, 3.63) is 114 Å². The van der Waals surface area contributed by atoms with Crippen molar-refractivity contribution in [2.75, 3.05) is 0 Å². The number of carbonyl (C=O) groups excluding carboxylic acids is 1. The maximum Gasteiger partial charge on any atom is 0.270 e. The van der Waals surface area contributed by atoms with E-state index in [9.17, 15) is 13.6 Å². The minimum Gasteiger partial charge on any atom is -0.366 e. The first kappa shape index (κ1) is 23.3. The Morgan fingerprint density at radius 1 is 1.00 bits per heavy atom. The van der Waals surface area contributed by atoms with E-state index in [1.165, 1.54) is 12.2 Å². The van der Waals surface area contributed by atoms with Crippen LogP contribution in [0, 0.1) is 6.42 Å². The first-order valence-electron chi connectivity index (χ1n) is 10.5. The van der Waals surface area contributed by atoms with E-state index >= 15 is 0 Å². The van der Waals surface area contributed by atoms with Crippen LogP contribution in [0.1, 0.15) is 37.1 Å². The summed E-state index contributed by atoms with van der Waals surface area (Å²) >= 11 is 0. The lowest BCUT2D eigenvalue weighted by atomic mass is 9.99. The van der Waals surface area contributed by atoms with Crippen LogP contribution in [0.3, 0.4) is 0 Å². The minimum atomic E-state index is -2.89. The van der Waals surface area contributed by atoms with Crippen LogP contribution in [0.5, 0.6) is 0 Å². The summed E-state index contributed by atoms with van der Waals surface area (Å²) in [6, 6.07) is 17.9. The maximum atomic E-state index is 13.4. The number of allylic oxidation sites excluding steroid dienone is 2. The number of nitrogens with one attached hydrogen (secondary N) is 3. The van der Waals surface area contributed by atoms with Gasteiger partial charge in [0, 0.05) is 18.9 Å². The van der Waals surface area contributed by atoms with Crippen molar-refractivity contribution >= 4 is 5.91 Å². The average molecular weight is 437 g/mol. The summed E-state index contributed by atoms with van der Waals surface area (Å²) in [5.41, 5.74) is 1.73. The number of rotatable bonds is 9. The molecule has 1 radical (unpaired) electrons. The van der Waals surface area contributed by atoms with Gasteiger partial charge < -0.3 is 16.0 Å². The van der Waals surface area contributed by atoms with Gasteiger partial charge in [-0.05, 0) is 18.1 Å². The third kappa shape index (κ3) is 6.30. The lowest BCUT2D eigenvalue weighted by molar-refractivity contribution is -0.123. The summed E-state index contributed by atoms with van der Waals surface area (Å²) in [7, 11) is 0. The fourth-order valence-electron chi connectivity index (χ4n) is 3.41. The molecule has 0 spiro atoms. The van der Waals surface area contributed by atoms with Gasteiger partial charge in [0.1, 0.15) is 6.04 Å². The third-order valence-electron chi connectivity index (χ3n) is 5.19. The molecule has 167 valence electrons. The van der Waals surface area contributed by atoms with Gasteiger partial charge in [-0.25, -0.2) is 8.78 Å². The van der Waals surface area contributed by atoms with Crippen molar-refractivity contribution in [1.82, 2.24) is 16.0 Å². The Morgan fingerprint density at radius 2 is 1.59 bits per heavy atom. The molecule has 0 bridgehead atoms. The molecule has 1 aliphatic rings. The largest absolute Gasteiger partial charge is 0.366 e. The highest BCUT2D eigenvalue weighted by Gasteiger charge is 2.28. The molecule has 1 aliphatic carbocycles. The molecule has 32 heavy (non-hydrogen) atoms. The lowest BCUT2D eigenvalue weighted by Gasteiger charge is -2.27. The second kappa shape index (κ2) is 10.3. The summed E-state index contributed by atoms with van der Waals surface area (Å²) in [4.78, 5) is 13.2. The molecule has 0 aliphatic heterocycles. The molecule has 1 amide bonds. The zero-order valence-electron chi connectivity index (χ0n) is 18.2. The Bertz CT molecular complexity index is 981. The van der Waals surface area contributed by atoms with Crippen LogP contribution in [0.15, 0.2) is 96.9 Å². The van der Waals surface area contributed by atoms with Crippen LogP contribution in [0.25, 0.3) is 0 Å². The topological polar surface area (TPSA) is 53.2 Å². The van der Waals surface area contributed by atoms with Gasteiger partial charge in [0.15, 0.2) is 0 Å². The van der Waals surface area contributed by atoms with Crippen molar-refractivity contribution in [3.63, 3.8) is 0 Å². The minimum absolute atomic E-state index is 0.0504. The summed E-state index contributed by atoms with van der Waals surface area (Å²) in [6.45, 7) is 6.77. The quantitative estimate of drug-likeness (QED) is 0.520. The first-order valence-corrected chi connectivity index (χ1v) is 10.5. The first-order chi connectivity index (χ1) is 15.2. The molecule has 6 heteroatoms. The van der Waals surface area contributed by atoms with Gasteiger partial charge in [-0.2, -0.15) is 0 Å². The highest BCUT2D eigenvalue weighted by atomic mass is 19.3. The van der Waals surface area contributed by atoms with E-state index in [1.807, 2.05) is 67.6 Å². The molecule has 3 atom stereocenters. The van der Waals surface area contributed by atoms with Gasteiger partial charge in [-0.3, -0.25) is 4.79 Å². The fourth-order valence-corrected chi connectivity index (χ4v) is 3.41.